The molecule has 0 saturated heterocycles. The van der Waals surface area contributed by atoms with E-state index < -0.39 is 0 Å². The van der Waals surface area contributed by atoms with E-state index >= 15 is 0 Å². The maximum atomic E-state index is 3.92. The zero-order chi connectivity index (χ0) is 13.2. The van der Waals surface area contributed by atoms with Crippen LogP contribution in [0.5, 0.6) is 0 Å². The molecule has 2 aliphatic carbocycles. The van der Waals surface area contributed by atoms with Crippen molar-refractivity contribution in [3.8, 4) is 0 Å². The van der Waals surface area contributed by atoms with Gasteiger partial charge in [-0.1, -0.05) is 33.6 Å². The Kier molecular flexibility index (Phi) is 4.70. The van der Waals surface area contributed by atoms with Crippen molar-refractivity contribution in [1.82, 2.24) is 5.32 Å². The van der Waals surface area contributed by atoms with E-state index in [1.54, 1.807) is 0 Å². The monoisotopic (exact) mass is 269 g/mol. The van der Waals surface area contributed by atoms with E-state index in [0.29, 0.717) is 10.2 Å². The van der Waals surface area contributed by atoms with Crippen molar-refractivity contribution in [1.29, 1.82) is 0 Å². The molecule has 18 heavy (non-hydrogen) atoms. The van der Waals surface area contributed by atoms with Crippen LogP contribution in [0.4, 0.5) is 0 Å². The van der Waals surface area contributed by atoms with Crippen molar-refractivity contribution in [3.63, 3.8) is 0 Å². The fourth-order valence-electron chi connectivity index (χ4n) is 4.30. The van der Waals surface area contributed by atoms with E-state index in [9.17, 15) is 0 Å². The lowest BCUT2D eigenvalue weighted by Crippen LogP contribution is -2.45. The third kappa shape index (κ3) is 3.66. The Morgan fingerprint density at radius 1 is 1.17 bits per heavy atom. The van der Waals surface area contributed by atoms with Gasteiger partial charge in [0.25, 0.3) is 0 Å². The lowest BCUT2D eigenvalue weighted by Gasteiger charge is -2.41. The molecule has 2 saturated carbocycles. The van der Waals surface area contributed by atoms with Crippen LogP contribution in [0.15, 0.2) is 0 Å². The SMILES string of the molecule is CSC1(CNC2CC(C)CC(C)(C)C2)CCCC1. The number of hydrogen-bond acceptors (Lipinski definition) is 2. The van der Waals surface area contributed by atoms with Gasteiger partial charge in [-0.2, -0.15) is 11.8 Å². The van der Waals surface area contributed by atoms with Gasteiger partial charge in [-0.15, -0.1) is 0 Å². The van der Waals surface area contributed by atoms with Gasteiger partial charge in [0.2, 0.25) is 0 Å². The van der Waals surface area contributed by atoms with E-state index in [1.807, 2.05) is 0 Å². The zero-order valence-electron chi connectivity index (χ0n) is 12.7. The molecule has 0 aromatic heterocycles. The summed E-state index contributed by atoms with van der Waals surface area (Å²) >= 11 is 2.11. The molecule has 2 aliphatic rings. The summed E-state index contributed by atoms with van der Waals surface area (Å²) in [5.41, 5.74) is 0.539. The summed E-state index contributed by atoms with van der Waals surface area (Å²) in [4.78, 5) is 0. The Balaban J connectivity index is 1.85. The lowest BCUT2D eigenvalue weighted by atomic mass is 9.70. The van der Waals surface area contributed by atoms with E-state index in [0.717, 1.165) is 12.0 Å². The molecule has 0 aromatic carbocycles. The normalized spacial score (nSPS) is 34.7. The summed E-state index contributed by atoms with van der Waals surface area (Å²) < 4.78 is 0.560. The van der Waals surface area contributed by atoms with Crippen molar-refractivity contribution in [2.75, 3.05) is 12.8 Å². The predicted octanol–water partition coefficient (Wildman–Crippen LogP) is 4.47. The van der Waals surface area contributed by atoms with Gasteiger partial charge in [-0.05, 0) is 49.7 Å². The fraction of sp³-hybridized carbons (Fsp3) is 1.00. The summed E-state index contributed by atoms with van der Waals surface area (Å²) in [5, 5.41) is 3.92. The quantitative estimate of drug-likeness (QED) is 0.808. The van der Waals surface area contributed by atoms with E-state index in [-0.39, 0.29) is 0 Å². The smallest absolute Gasteiger partial charge is 0.0281 e. The average molecular weight is 269 g/mol. The summed E-state index contributed by atoms with van der Waals surface area (Å²) in [7, 11) is 0. The molecular formula is C16H31NS. The van der Waals surface area contributed by atoms with Crippen LogP contribution in [0.3, 0.4) is 0 Å². The third-order valence-corrected chi connectivity index (χ3v) is 6.47. The molecule has 2 fully saturated rings. The molecule has 0 spiro atoms. The minimum Gasteiger partial charge on any atom is -0.313 e. The van der Waals surface area contributed by atoms with Gasteiger partial charge in [-0.25, -0.2) is 0 Å². The molecule has 2 atom stereocenters. The third-order valence-electron chi connectivity index (χ3n) is 5.05. The van der Waals surface area contributed by atoms with Crippen LogP contribution in [-0.2, 0) is 0 Å². The Morgan fingerprint density at radius 2 is 1.83 bits per heavy atom. The molecule has 2 unspecified atom stereocenters. The fourth-order valence-corrected chi connectivity index (χ4v) is 5.23. The summed E-state index contributed by atoms with van der Waals surface area (Å²) in [5.74, 6) is 0.889. The maximum Gasteiger partial charge on any atom is 0.0281 e. The molecule has 1 N–H and O–H groups in total. The minimum atomic E-state index is 0.539. The number of nitrogens with one attached hydrogen (secondary N) is 1. The highest BCUT2D eigenvalue weighted by molar-refractivity contribution is 8.00. The van der Waals surface area contributed by atoms with Crippen LogP contribution in [0, 0.1) is 11.3 Å². The topological polar surface area (TPSA) is 12.0 Å². The second kappa shape index (κ2) is 5.75. The van der Waals surface area contributed by atoms with Crippen molar-refractivity contribution in [3.05, 3.63) is 0 Å². The summed E-state index contributed by atoms with van der Waals surface area (Å²) in [6.45, 7) is 8.55. The summed E-state index contributed by atoms with van der Waals surface area (Å²) in [6.07, 6.45) is 12.2. The van der Waals surface area contributed by atoms with Gasteiger partial charge >= 0.3 is 0 Å². The largest absolute Gasteiger partial charge is 0.313 e. The van der Waals surface area contributed by atoms with Crippen LogP contribution >= 0.6 is 11.8 Å². The Hall–Kier alpha value is 0.310. The molecule has 0 heterocycles. The molecular weight excluding hydrogens is 238 g/mol. The maximum absolute atomic E-state index is 3.92. The van der Waals surface area contributed by atoms with Crippen molar-refractivity contribution >= 4 is 11.8 Å². The lowest BCUT2D eigenvalue weighted by molar-refractivity contribution is 0.150. The Labute approximate surface area is 118 Å². The molecule has 2 heteroatoms. The highest BCUT2D eigenvalue weighted by Crippen LogP contribution is 2.41. The predicted molar refractivity (Wildman–Crippen MR) is 83.3 cm³/mol. The van der Waals surface area contributed by atoms with Crippen molar-refractivity contribution < 1.29 is 0 Å². The van der Waals surface area contributed by atoms with Crippen LogP contribution < -0.4 is 5.32 Å². The van der Waals surface area contributed by atoms with Gasteiger partial charge in [0.15, 0.2) is 0 Å². The van der Waals surface area contributed by atoms with Gasteiger partial charge in [0.1, 0.15) is 0 Å². The van der Waals surface area contributed by atoms with Crippen LogP contribution in [0.2, 0.25) is 0 Å². The zero-order valence-corrected chi connectivity index (χ0v) is 13.5. The van der Waals surface area contributed by atoms with E-state index in [4.69, 9.17) is 0 Å². The molecule has 0 amide bonds. The first-order valence-electron chi connectivity index (χ1n) is 7.73. The highest BCUT2D eigenvalue weighted by atomic mass is 32.2. The summed E-state index contributed by atoms with van der Waals surface area (Å²) in [6, 6.07) is 0.758. The Bertz CT molecular complexity index is 268. The minimum absolute atomic E-state index is 0.539. The van der Waals surface area contributed by atoms with Crippen molar-refractivity contribution in [2.24, 2.45) is 11.3 Å². The Morgan fingerprint density at radius 3 is 2.39 bits per heavy atom. The molecule has 0 bridgehead atoms. The molecule has 0 radical (unpaired) electrons. The van der Waals surface area contributed by atoms with Crippen LogP contribution in [-0.4, -0.2) is 23.6 Å². The van der Waals surface area contributed by atoms with Gasteiger partial charge in [-0.3, -0.25) is 0 Å². The molecule has 2 rings (SSSR count). The molecule has 0 aromatic rings. The average Bonchev–Trinajstić information content (AvgIpc) is 2.73. The first-order valence-corrected chi connectivity index (χ1v) is 8.96. The second-order valence-corrected chi connectivity index (χ2v) is 8.86. The van der Waals surface area contributed by atoms with E-state index in [1.165, 1.54) is 51.5 Å². The second-order valence-electron chi connectivity index (χ2n) is 7.59. The molecule has 106 valence electrons. The van der Waals surface area contributed by atoms with Gasteiger partial charge < -0.3 is 5.32 Å². The highest BCUT2D eigenvalue weighted by Gasteiger charge is 2.36. The van der Waals surface area contributed by atoms with E-state index in [2.05, 4.69) is 44.1 Å². The van der Waals surface area contributed by atoms with Crippen LogP contribution in [0.25, 0.3) is 0 Å². The number of rotatable bonds is 4. The standard InChI is InChI=1S/C16H31NS/c1-13-9-14(11-15(2,3)10-13)17-12-16(18-4)7-5-6-8-16/h13-14,17H,5-12H2,1-4H3. The first-order chi connectivity index (χ1) is 8.45. The number of thioether (sulfide) groups is 1. The van der Waals surface area contributed by atoms with Gasteiger partial charge in [0, 0.05) is 17.3 Å². The number of hydrogen-bond donors (Lipinski definition) is 1. The molecule has 0 aliphatic heterocycles. The first kappa shape index (κ1) is 14.7. The molecule has 1 nitrogen and oxygen atoms in total. The van der Waals surface area contributed by atoms with Gasteiger partial charge in [0.05, 0.1) is 0 Å². The van der Waals surface area contributed by atoms with Crippen molar-refractivity contribution in [2.45, 2.75) is 76.5 Å². The van der Waals surface area contributed by atoms with Crippen LogP contribution in [0.1, 0.15) is 65.7 Å².